The molecule has 0 unspecified atom stereocenters. The zero-order chi connectivity index (χ0) is 25.9. The number of hydrogen-bond acceptors (Lipinski definition) is 6. The highest BCUT2D eigenvalue weighted by atomic mass is 35.6. The maximum Gasteiger partial charge on any atom is 0.295 e. The molecule has 2 aliphatic heterocycles. The lowest BCUT2D eigenvalue weighted by Gasteiger charge is -2.44. The third-order valence-corrected chi connectivity index (χ3v) is 7.44. The van der Waals surface area contributed by atoms with E-state index in [2.05, 4.69) is 11.5 Å². The number of imide groups is 1. The van der Waals surface area contributed by atoms with E-state index in [0.29, 0.717) is 43.6 Å². The van der Waals surface area contributed by atoms with Gasteiger partial charge in [0, 0.05) is 36.9 Å². The molecule has 0 bridgehead atoms. The number of anilines is 1. The fraction of sp³-hybridized carbons (Fsp3) is 0.280. The monoisotopic (exact) mass is 585 g/mol. The molecular weight excluding hydrogens is 564 g/mol. The Morgan fingerprint density at radius 1 is 1.06 bits per heavy atom. The first-order valence-electron chi connectivity index (χ1n) is 11.1. The quantitative estimate of drug-likeness (QED) is 0.211. The van der Waals surface area contributed by atoms with E-state index in [1.807, 2.05) is 29.2 Å². The van der Waals surface area contributed by atoms with Gasteiger partial charge in [0.2, 0.25) is 3.79 Å². The maximum absolute atomic E-state index is 13.3. The van der Waals surface area contributed by atoms with Gasteiger partial charge in [-0.25, -0.2) is 4.90 Å². The third-order valence-electron chi connectivity index (χ3n) is 5.74. The molecule has 2 heterocycles. The van der Waals surface area contributed by atoms with E-state index >= 15 is 0 Å². The van der Waals surface area contributed by atoms with Crippen molar-refractivity contribution in [1.82, 2.24) is 9.80 Å². The van der Waals surface area contributed by atoms with Gasteiger partial charge in [-0.15, -0.1) is 0 Å². The molecule has 11 heteroatoms. The molecule has 2 aromatic rings. The lowest BCUT2D eigenvalue weighted by molar-refractivity contribution is -0.127. The Morgan fingerprint density at radius 2 is 1.75 bits per heavy atom. The fourth-order valence-corrected chi connectivity index (χ4v) is 5.81. The number of piperazine rings is 1. The van der Waals surface area contributed by atoms with Crippen LogP contribution in [0.4, 0.5) is 10.5 Å². The van der Waals surface area contributed by atoms with Gasteiger partial charge in [0.25, 0.3) is 11.1 Å². The van der Waals surface area contributed by atoms with Gasteiger partial charge in [-0.3, -0.25) is 14.5 Å². The number of carbonyl (C=O) groups is 2. The normalized spacial score (nSPS) is 19.2. The van der Waals surface area contributed by atoms with Crippen LogP contribution in [0.5, 0.6) is 5.75 Å². The van der Waals surface area contributed by atoms with Gasteiger partial charge in [0.1, 0.15) is 18.5 Å². The second-order valence-electron chi connectivity index (χ2n) is 8.14. The highest BCUT2D eigenvalue weighted by Crippen LogP contribution is 2.42. The van der Waals surface area contributed by atoms with Gasteiger partial charge < -0.3 is 9.64 Å². The molecule has 2 aliphatic rings. The predicted molar refractivity (Wildman–Crippen MR) is 149 cm³/mol. The Bertz CT molecular complexity index is 1160. The number of benzene rings is 2. The summed E-state index contributed by atoms with van der Waals surface area (Å²) in [4.78, 5) is 31.7. The SMILES string of the molecule is C=CCOc1ccc(/C=C2/SC(=O)N([C@@H](N3CCN(c4cccc(Cl)c4)CC3)C(Cl)(Cl)Cl)C2=O)cc1. The minimum absolute atomic E-state index is 0.261. The summed E-state index contributed by atoms with van der Waals surface area (Å²) >= 11 is 26.0. The predicted octanol–water partition coefficient (Wildman–Crippen LogP) is 6.46. The molecule has 0 aromatic heterocycles. The van der Waals surface area contributed by atoms with E-state index in [4.69, 9.17) is 51.1 Å². The van der Waals surface area contributed by atoms with E-state index in [9.17, 15) is 9.59 Å². The van der Waals surface area contributed by atoms with Crippen LogP contribution in [0.2, 0.25) is 5.02 Å². The second kappa shape index (κ2) is 11.7. The topological polar surface area (TPSA) is 53.1 Å². The van der Waals surface area contributed by atoms with Crippen molar-refractivity contribution in [2.45, 2.75) is 9.96 Å². The van der Waals surface area contributed by atoms with Gasteiger partial charge >= 0.3 is 0 Å². The number of carbonyl (C=O) groups excluding carboxylic acids is 2. The fourth-order valence-electron chi connectivity index (χ4n) is 4.07. The van der Waals surface area contributed by atoms with Crippen molar-refractivity contribution in [3.05, 3.63) is 76.7 Å². The summed E-state index contributed by atoms with van der Waals surface area (Å²) < 4.78 is 3.58. The average Bonchev–Trinajstić information content (AvgIpc) is 3.11. The standard InChI is InChI=1S/C25H23Cl4N3O3S/c1-2-14-35-20-8-6-17(7-9-20)15-21-22(33)32(24(34)36-21)23(25(27,28)29)31-12-10-30(11-13-31)19-5-3-4-18(26)16-19/h2-9,15-16,23H,1,10-14H2/b21-15+/t23-/m1/s1. The van der Waals surface area contributed by atoms with E-state index < -0.39 is 21.1 Å². The summed E-state index contributed by atoms with van der Waals surface area (Å²) in [5.74, 6) is 0.180. The molecule has 0 saturated carbocycles. The Labute approximate surface area is 234 Å². The lowest BCUT2D eigenvalue weighted by atomic mass is 10.2. The summed E-state index contributed by atoms with van der Waals surface area (Å²) in [7, 11) is 0. The van der Waals surface area contributed by atoms with Crippen molar-refractivity contribution in [2.75, 3.05) is 37.7 Å². The molecule has 2 saturated heterocycles. The summed E-state index contributed by atoms with van der Waals surface area (Å²) in [6.45, 7) is 6.21. The van der Waals surface area contributed by atoms with Crippen LogP contribution < -0.4 is 9.64 Å². The molecule has 190 valence electrons. The second-order valence-corrected chi connectivity index (χ2v) is 11.9. The smallest absolute Gasteiger partial charge is 0.295 e. The summed E-state index contributed by atoms with van der Waals surface area (Å²) in [5, 5.41) is 0.170. The number of alkyl halides is 3. The Morgan fingerprint density at radius 3 is 2.36 bits per heavy atom. The first kappa shape index (κ1) is 27.2. The molecule has 6 nitrogen and oxygen atoms in total. The molecule has 0 aliphatic carbocycles. The third kappa shape index (κ3) is 6.33. The van der Waals surface area contributed by atoms with Crippen LogP contribution in [-0.4, -0.2) is 63.7 Å². The highest BCUT2D eigenvalue weighted by Gasteiger charge is 2.51. The van der Waals surface area contributed by atoms with Crippen LogP contribution in [0.15, 0.2) is 66.1 Å². The summed E-state index contributed by atoms with van der Waals surface area (Å²) in [6.07, 6.45) is 2.26. The summed E-state index contributed by atoms with van der Waals surface area (Å²) in [5.41, 5.74) is 1.73. The number of amides is 2. The van der Waals surface area contributed by atoms with Crippen LogP contribution >= 0.6 is 58.2 Å². The molecular formula is C25H23Cl4N3O3S. The van der Waals surface area contributed by atoms with Crippen LogP contribution in [-0.2, 0) is 4.79 Å². The summed E-state index contributed by atoms with van der Waals surface area (Å²) in [6, 6.07) is 14.7. The number of thioether (sulfide) groups is 1. The van der Waals surface area contributed by atoms with Crippen LogP contribution in [0.25, 0.3) is 6.08 Å². The molecule has 1 atom stereocenters. The van der Waals surface area contributed by atoms with E-state index in [1.165, 1.54) is 0 Å². The molecule has 2 aromatic carbocycles. The molecule has 0 spiro atoms. The first-order valence-corrected chi connectivity index (χ1v) is 13.4. The Kier molecular flexibility index (Phi) is 8.81. The maximum atomic E-state index is 13.3. The van der Waals surface area contributed by atoms with Gasteiger partial charge in [-0.05, 0) is 53.7 Å². The van der Waals surface area contributed by atoms with Gasteiger partial charge in [0.15, 0.2) is 0 Å². The largest absolute Gasteiger partial charge is 0.490 e. The number of nitrogens with zero attached hydrogens (tertiary/aromatic N) is 3. The van der Waals surface area contributed by atoms with Crippen LogP contribution in [0, 0.1) is 0 Å². The van der Waals surface area contributed by atoms with Gasteiger partial charge in [-0.1, -0.05) is 77.3 Å². The van der Waals surface area contributed by atoms with Crippen molar-refractivity contribution < 1.29 is 14.3 Å². The van der Waals surface area contributed by atoms with Gasteiger partial charge in [0.05, 0.1) is 4.91 Å². The number of halogens is 4. The zero-order valence-corrected chi connectivity index (χ0v) is 22.9. The number of hydrogen-bond donors (Lipinski definition) is 0. The van der Waals surface area contributed by atoms with E-state index in [0.717, 1.165) is 27.9 Å². The molecule has 2 fully saturated rings. The van der Waals surface area contributed by atoms with E-state index in [1.54, 1.807) is 36.4 Å². The number of rotatable bonds is 7. The number of ether oxygens (including phenoxy) is 1. The van der Waals surface area contributed by atoms with Crippen molar-refractivity contribution in [2.24, 2.45) is 0 Å². The molecule has 0 radical (unpaired) electrons. The molecule has 36 heavy (non-hydrogen) atoms. The van der Waals surface area contributed by atoms with Crippen molar-refractivity contribution in [1.29, 1.82) is 0 Å². The van der Waals surface area contributed by atoms with Crippen molar-refractivity contribution in [3.8, 4) is 5.75 Å². The van der Waals surface area contributed by atoms with Crippen LogP contribution in [0.1, 0.15) is 5.56 Å². The van der Waals surface area contributed by atoms with Crippen molar-refractivity contribution >= 4 is 81.1 Å². The average molecular weight is 587 g/mol. The molecule has 0 N–H and O–H groups in total. The minimum Gasteiger partial charge on any atom is -0.490 e. The molecule has 2 amide bonds. The minimum atomic E-state index is -1.90. The zero-order valence-electron chi connectivity index (χ0n) is 19.1. The van der Waals surface area contributed by atoms with Crippen molar-refractivity contribution in [3.63, 3.8) is 0 Å². The first-order chi connectivity index (χ1) is 17.2. The Hall–Kier alpha value is -1.87. The molecule has 4 rings (SSSR count). The Balaban J connectivity index is 1.50. The van der Waals surface area contributed by atoms with Gasteiger partial charge in [-0.2, -0.15) is 0 Å². The lowest BCUT2D eigenvalue weighted by Crippen LogP contribution is -2.61. The van der Waals surface area contributed by atoms with Crippen LogP contribution in [0.3, 0.4) is 0 Å². The highest BCUT2D eigenvalue weighted by molar-refractivity contribution is 8.18. The van der Waals surface area contributed by atoms with E-state index in [-0.39, 0.29) is 4.91 Å².